The van der Waals surface area contributed by atoms with Crippen molar-refractivity contribution in [3.05, 3.63) is 11.6 Å². The summed E-state index contributed by atoms with van der Waals surface area (Å²) in [6.45, 7) is 7.49. The highest BCUT2D eigenvalue weighted by molar-refractivity contribution is 6.29. The zero-order chi connectivity index (χ0) is 7.78. The SMILES string of the molecule is C=C(Cl)CN1CC(C)(O)C1. The molecule has 1 saturated heterocycles. The zero-order valence-electron chi connectivity index (χ0n) is 6.10. The number of nitrogens with zero attached hydrogens (tertiary/aromatic N) is 1. The Morgan fingerprint density at radius 3 is 2.60 bits per heavy atom. The maximum absolute atomic E-state index is 9.28. The van der Waals surface area contributed by atoms with E-state index in [-0.39, 0.29) is 0 Å². The summed E-state index contributed by atoms with van der Waals surface area (Å²) in [5.41, 5.74) is -0.494. The lowest BCUT2D eigenvalue weighted by Crippen LogP contribution is -2.59. The molecule has 0 aromatic carbocycles. The molecule has 0 spiro atoms. The summed E-state index contributed by atoms with van der Waals surface area (Å²) >= 11 is 5.56. The van der Waals surface area contributed by atoms with Gasteiger partial charge >= 0.3 is 0 Å². The van der Waals surface area contributed by atoms with E-state index in [1.165, 1.54) is 0 Å². The van der Waals surface area contributed by atoms with Crippen molar-refractivity contribution in [2.75, 3.05) is 19.6 Å². The average Bonchev–Trinajstić information content (AvgIpc) is 1.57. The smallest absolute Gasteiger partial charge is 0.0872 e. The Morgan fingerprint density at radius 1 is 1.80 bits per heavy atom. The zero-order valence-corrected chi connectivity index (χ0v) is 6.86. The molecule has 1 aliphatic rings. The predicted octanol–water partition coefficient (Wildman–Crippen LogP) is 0.806. The van der Waals surface area contributed by atoms with Gasteiger partial charge < -0.3 is 5.11 Å². The van der Waals surface area contributed by atoms with Crippen LogP contribution in [0.25, 0.3) is 0 Å². The van der Waals surface area contributed by atoms with Crippen LogP contribution in [-0.4, -0.2) is 35.2 Å². The molecule has 0 unspecified atom stereocenters. The summed E-state index contributed by atoms with van der Waals surface area (Å²) < 4.78 is 0. The van der Waals surface area contributed by atoms with Gasteiger partial charge in [0.2, 0.25) is 0 Å². The Bertz CT molecular complexity index is 148. The van der Waals surface area contributed by atoms with Gasteiger partial charge in [0.1, 0.15) is 0 Å². The van der Waals surface area contributed by atoms with E-state index < -0.39 is 5.60 Å². The van der Waals surface area contributed by atoms with Crippen LogP contribution >= 0.6 is 11.6 Å². The number of likely N-dealkylation sites (tertiary alicyclic amines) is 1. The van der Waals surface area contributed by atoms with Crippen LogP contribution in [0.1, 0.15) is 6.92 Å². The van der Waals surface area contributed by atoms with Gasteiger partial charge in [0, 0.05) is 24.7 Å². The fraction of sp³-hybridized carbons (Fsp3) is 0.714. The second kappa shape index (κ2) is 2.53. The molecule has 2 nitrogen and oxygen atoms in total. The van der Waals surface area contributed by atoms with Crippen LogP contribution in [0, 0.1) is 0 Å². The van der Waals surface area contributed by atoms with Gasteiger partial charge in [-0.2, -0.15) is 0 Å². The molecule has 1 aliphatic heterocycles. The normalized spacial score (nSPS) is 23.9. The van der Waals surface area contributed by atoms with Crippen LogP contribution in [0.2, 0.25) is 0 Å². The number of β-amino-alcohol motifs (C(OH)–C–C–N with tert-alkyl or cyclic N) is 1. The summed E-state index contributed by atoms with van der Waals surface area (Å²) in [4.78, 5) is 2.05. The lowest BCUT2D eigenvalue weighted by atomic mass is 9.97. The molecule has 0 aliphatic carbocycles. The van der Waals surface area contributed by atoms with Gasteiger partial charge in [-0.15, -0.1) is 0 Å². The molecule has 0 atom stereocenters. The maximum Gasteiger partial charge on any atom is 0.0872 e. The van der Waals surface area contributed by atoms with Crippen LogP contribution in [0.3, 0.4) is 0 Å². The molecule has 1 rings (SSSR count). The van der Waals surface area contributed by atoms with Crippen LogP contribution < -0.4 is 0 Å². The number of aliphatic hydroxyl groups is 1. The quantitative estimate of drug-likeness (QED) is 0.648. The molecule has 0 aromatic rings. The number of halogens is 1. The summed E-state index contributed by atoms with van der Waals surface area (Å²) in [7, 11) is 0. The first-order valence-corrected chi connectivity index (χ1v) is 3.65. The Labute approximate surface area is 66.1 Å². The first-order chi connectivity index (χ1) is 4.49. The maximum atomic E-state index is 9.28. The van der Waals surface area contributed by atoms with E-state index >= 15 is 0 Å². The highest BCUT2D eigenvalue weighted by Crippen LogP contribution is 2.20. The van der Waals surface area contributed by atoms with Crippen molar-refractivity contribution in [1.29, 1.82) is 0 Å². The van der Waals surface area contributed by atoms with Gasteiger partial charge in [-0.3, -0.25) is 4.90 Å². The topological polar surface area (TPSA) is 23.5 Å². The van der Waals surface area contributed by atoms with Gasteiger partial charge in [0.25, 0.3) is 0 Å². The summed E-state index contributed by atoms with van der Waals surface area (Å²) in [5.74, 6) is 0. The van der Waals surface area contributed by atoms with Crippen LogP contribution in [0.15, 0.2) is 11.6 Å². The lowest BCUT2D eigenvalue weighted by Gasteiger charge is -2.44. The van der Waals surface area contributed by atoms with E-state index in [0.717, 1.165) is 0 Å². The van der Waals surface area contributed by atoms with Crippen molar-refractivity contribution in [1.82, 2.24) is 4.90 Å². The molecule has 10 heavy (non-hydrogen) atoms. The second-order valence-corrected chi connectivity index (χ2v) is 3.69. The minimum atomic E-state index is -0.494. The average molecular weight is 162 g/mol. The van der Waals surface area contributed by atoms with Crippen LogP contribution in [0.4, 0.5) is 0 Å². The van der Waals surface area contributed by atoms with Gasteiger partial charge in [-0.05, 0) is 6.92 Å². The lowest BCUT2D eigenvalue weighted by molar-refractivity contribution is -0.0781. The monoisotopic (exact) mass is 161 g/mol. The van der Waals surface area contributed by atoms with Crippen LogP contribution in [0.5, 0.6) is 0 Å². The van der Waals surface area contributed by atoms with E-state index in [4.69, 9.17) is 11.6 Å². The molecule has 0 aromatic heterocycles. The Balaban J connectivity index is 2.21. The minimum Gasteiger partial charge on any atom is -0.388 e. The summed E-state index contributed by atoms with van der Waals surface area (Å²) in [6.07, 6.45) is 0. The third kappa shape index (κ3) is 1.97. The largest absolute Gasteiger partial charge is 0.388 e. The van der Waals surface area contributed by atoms with E-state index in [1.54, 1.807) is 0 Å². The van der Waals surface area contributed by atoms with E-state index in [9.17, 15) is 5.11 Å². The van der Waals surface area contributed by atoms with E-state index in [1.807, 2.05) is 6.92 Å². The minimum absolute atomic E-state index is 0.494. The van der Waals surface area contributed by atoms with Gasteiger partial charge in [0.15, 0.2) is 0 Å². The van der Waals surface area contributed by atoms with Gasteiger partial charge in [-0.1, -0.05) is 18.2 Å². The van der Waals surface area contributed by atoms with Crippen molar-refractivity contribution in [3.63, 3.8) is 0 Å². The standard InChI is InChI=1S/C7H12ClNO/c1-6(8)3-9-4-7(2,10)5-9/h10H,1,3-5H2,2H3. The number of rotatable bonds is 2. The fourth-order valence-electron chi connectivity index (χ4n) is 1.27. The Morgan fingerprint density at radius 2 is 2.30 bits per heavy atom. The van der Waals surface area contributed by atoms with Crippen molar-refractivity contribution in [2.24, 2.45) is 0 Å². The first-order valence-electron chi connectivity index (χ1n) is 3.28. The molecule has 0 radical (unpaired) electrons. The van der Waals surface area contributed by atoms with Crippen molar-refractivity contribution < 1.29 is 5.11 Å². The first kappa shape index (κ1) is 8.05. The fourth-order valence-corrected chi connectivity index (χ4v) is 1.44. The molecule has 3 heteroatoms. The third-order valence-electron chi connectivity index (χ3n) is 1.52. The molecule has 58 valence electrons. The molecule has 0 bridgehead atoms. The highest BCUT2D eigenvalue weighted by atomic mass is 35.5. The van der Waals surface area contributed by atoms with E-state index in [0.29, 0.717) is 24.7 Å². The molecule has 1 fully saturated rings. The van der Waals surface area contributed by atoms with Crippen molar-refractivity contribution in [3.8, 4) is 0 Å². The van der Waals surface area contributed by atoms with Crippen molar-refractivity contribution in [2.45, 2.75) is 12.5 Å². The van der Waals surface area contributed by atoms with Crippen LogP contribution in [-0.2, 0) is 0 Å². The molecule has 1 N–H and O–H groups in total. The Hall–Kier alpha value is -0.0500. The molecule has 0 saturated carbocycles. The summed E-state index contributed by atoms with van der Waals surface area (Å²) in [5, 5.41) is 9.92. The Kier molecular flexibility index (Phi) is 2.04. The van der Waals surface area contributed by atoms with Crippen molar-refractivity contribution >= 4 is 11.6 Å². The predicted molar refractivity (Wildman–Crippen MR) is 42.1 cm³/mol. The molecule has 0 amide bonds. The third-order valence-corrected chi connectivity index (χ3v) is 1.64. The number of hydrogen-bond donors (Lipinski definition) is 1. The van der Waals surface area contributed by atoms with Gasteiger partial charge in [0.05, 0.1) is 5.60 Å². The highest BCUT2D eigenvalue weighted by Gasteiger charge is 2.35. The number of hydrogen-bond acceptors (Lipinski definition) is 2. The molecular weight excluding hydrogens is 150 g/mol. The molecule has 1 heterocycles. The second-order valence-electron chi connectivity index (χ2n) is 3.16. The van der Waals surface area contributed by atoms with Gasteiger partial charge in [-0.25, -0.2) is 0 Å². The summed E-state index contributed by atoms with van der Waals surface area (Å²) in [6, 6.07) is 0. The van der Waals surface area contributed by atoms with E-state index in [2.05, 4.69) is 11.5 Å². The molecular formula is C7H12ClNO.